The SMILES string of the molecule is C=C(C)C[C@@H](C(=O)OCc1ccccc1)[C@@H](C(=O)O)C1CCCC1. The lowest BCUT2D eigenvalue weighted by molar-refractivity contribution is -0.160. The fraction of sp³-hybridized carbons (Fsp3) is 0.500. The topological polar surface area (TPSA) is 63.6 Å². The van der Waals surface area contributed by atoms with Gasteiger partial charge < -0.3 is 9.84 Å². The standard InChI is InChI=1S/C20H26O4/c1-14(2)12-17(18(19(21)22)16-10-6-7-11-16)20(23)24-13-15-8-4-3-5-9-15/h3-5,8-9,16-18H,1,6-7,10-13H2,2H3,(H,21,22)/t17-,18+/m1/s1. The smallest absolute Gasteiger partial charge is 0.310 e. The van der Waals surface area contributed by atoms with E-state index >= 15 is 0 Å². The quantitative estimate of drug-likeness (QED) is 0.573. The Morgan fingerprint density at radius 1 is 1.25 bits per heavy atom. The van der Waals surface area contributed by atoms with E-state index in [9.17, 15) is 14.7 Å². The van der Waals surface area contributed by atoms with Gasteiger partial charge >= 0.3 is 11.9 Å². The molecule has 1 aromatic carbocycles. The number of aliphatic carboxylic acids is 1. The molecule has 1 saturated carbocycles. The molecule has 1 aromatic rings. The van der Waals surface area contributed by atoms with Gasteiger partial charge in [0.1, 0.15) is 6.61 Å². The minimum Gasteiger partial charge on any atom is -0.481 e. The fourth-order valence-electron chi connectivity index (χ4n) is 3.59. The van der Waals surface area contributed by atoms with Crippen LogP contribution in [-0.2, 0) is 20.9 Å². The third-order valence-corrected chi connectivity index (χ3v) is 4.72. The maximum absolute atomic E-state index is 12.6. The number of hydrogen-bond acceptors (Lipinski definition) is 3. The monoisotopic (exact) mass is 330 g/mol. The summed E-state index contributed by atoms with van der Waals surface area (Å²) in [4.78, 5) is 24.5. The van der Waals surface area contributed by atoms with Crippen LogP contribution in [0.15, 0.2) is 42.5 Å². The predicted molar refractivity (Wildman–Crippen MR) is 92.2 cm³/mol. The number of carbonyl (C=O) groups excluding carboxylic acids is 1. The molecule has 130 valence electrons. The number of carbonyl (C=O) groups is 2. The number of esters is 1. The third kappa shape index (κ3) is 4.95. The number of carboxylic acids is 1. The Bertz CT molecular complexity index is 573. The van der Waals surface area contributed by atoms with Gasteiger partial charge in [-0.2, -0.15) is 0 Å². The van der Waals surface area contributed by atoms with Gasteiger partial charge in [0.25, 0.3) is 0 Å². The summed E-state index contributed by atoms with van der Waals surface area (Å²) in [5.41, 5.74) is 1.70. The van der Waals surface area contributed by atoms with Crippen LogP contribution in [0.2, 0.25) is 0 Å². The van der Waals surface area contributed by atoms with Gasteiger partial charge in [-0.05, 0) is 37.7 Å². The van der Waals surface area contributed by atoms with Crippen LogP contribution in [0, 0.1) is 17.8 Å². The van der Waals surface area contributed by atoms with Crippen molar-refractivity contribution in [3.05, 3.63) is 48.0 Å². The van der Waals surface area contributed by atoms with Gasteiger partial charge in [0, 0.05) is 0 Å². The highest BCUT2D eigenvalue weighted by Crippen LogP contribution is 2.38. The van der Waals surface area contributed by atoms with E-state index in [2.05, 4.69) is 6.58 Å². The zero-order valence-corrected chi connectivity index (χ0v) is 14.2. The first kappa shape index (κ1) is 18.2. The Hall–Kier alpha value is -2.10. The number of benzene rings is 1. The van der Waals surface area contributed by atoms with Crippen molar-refractivity contribution >= 4 is 11.9 Å². The van der Waals surface area contributed by atoms with Crippen LogP contribution >= 0.6 is 0 Å². The Labute approximate surface area is 143 Å². The molecule has 4 heteroatoms. The first-order chi connectivity index (χ1) is 11.5. The third-order valence-electron chi connectivity index (χ3n) is 4.72. The summed E-state index contributed by atoms with van der Waals surface area (Å²) in [5.74, 6) is -2.62. The summed E-state index contributed by atoms with van der Waals surface area (Å²) >= 11 is 0. The molecule has 2 atom stereocenters. The number of hydrogen-bond donors (Lipinski definition) is 1. The molecular weight excluding hydrogens is 304 g/mol. The summed E-state index contributed by atoms with van der Waals surface area (Å²) in [7, 11) is 0. The van der Waals surface area contributed by atoms with Crippen LogP contribution in [0.4, 0.5) is 0 Å². The lowest BCUT2D eigenvalue weighted by atomic mass is 9.77. The minimum atomic E-state index is -0.898. The second-order valence-electron chi connectivity index (χ2n) is 6.77. The molecule has 0 spiro atoms. The number of rotatable bonds is 8. The highest BCUT2D eigenvalue weighted by Gasteiger charge is 2.41. The van der Waals surface area contributed by atoms with Crippen LogP contribution in [0.5, 0.6) is 0 Å². The normalized spacial score (nSPS) is 17.2. The summed E-state index contributed by atoms with van der Waals surface area (Å²) in [5, 5.41) is 9.71. The average molecular weight is 330 g/mol. The van der Waals surface area contributed by atoms with E-state index in [-0.39, 0.29) is 12.5 Å². The Morgan fingerprint density at radius 2 is 1.88 bits per heavy atom. The van der Waals surface area contributed by atoms with Gasteiger partial charge in [-0.25, -0.2) is 0 Å². The lowest BCUT2D eigenvalue weighted by Crippen LogP contribution is -2.36. The zero-order valence-electron chi connectivity index (χ0n) is 14.2. The maximum atomic E-state index is 12.6. The molecule has 0 heterocycles. The molecule has 4 nitrogen and oxygen atoms in total. The molecule has 0 unspecified atom stereocenters. The van der Waals surface area contributed by atoms with Crippen molar-refractivity contribution in [2.75, 3.05) is 0 Å². The van der Waals surface area contributed by atoms with Crippen LogP contribution in [-0.4, -0.2) is 17.0 Å². The molecule has 1 aliphatic rings. The van der Waals surface area contributed by atoms with Gasteiger partial charge in [-0.1, -0.05) is 48.7 Å². The summed E-state index contributed by atoms with van der Waals surface area (Å²) in [6.07, 6.45) is 4.17. The molecule has 1 N–H and O–H groups in total. The summed E-state index contributed by atoms with van der Waals surface area (Å²) in [6.45, 7) is 5.86. The summed E-state index contributed by atoms with van der Waals surface area (Å²) < 4.78 is 5.44. The van der Waals surface area contributed by atoms with Crippen molar-refractivity contribution in [1.82, 2.24) is 0 Å². The molecule has 0 aliphatic heterocycles. The van der Waals surface area contributed by atoms with Gasteiger partial charge in [-0.15, -0.1) is 6.58 Å². The van der Waals surface area contributed by atoms with E-state index in [1.54, 1.807) is 0 Å². The molecule has 1 aliphatic carbocycles. The van der Waals surface area contributed by atoms with Crippen molar-refractivity contribution in [1.29, 1.82) is 0 Å². The first-order valence-corrected chi connectivity index (χ1v) is 8.56. The van der Waals surface area contributed by atoms with Crippen LogP contribution < -0.4 is 0 Å². The Kier molecular flexibility index (Phi) is 6.59. The van der Waals surface area contributed by atoms with Crippen molar-refractivity contribution in [3.63, 3.8) is 0 Å². The Morgan fingerprint density at radius 3 is 2.42 bits per heavy atom. The lowest BCUT2D eigenvalue weighted by Gasteiger charge is -2.27. The van der Waals surface area contributed by atoms with E-state index in [1.165, 1.54) is 0 Å². The molecule has 0 bridgehead atoms. The molecule has 2 rings (SSSR count). The highest BCUT2D eigenvalue weighted by molar-refractivity contribution is 5.81. The van der Waals surface area contributed by atoms with Crippen LogP contribution in [0.1, 0.15) is 44.6 Å². The summed E-state index contributed by atoms with van der Waals surface area (Å²) in [6, 6.07) is 9.43. The van der Waals surface area contributed by atoms with Crippen molar-refractivity contribution in [3.8, 4) is 0 Å². The molecule has 24 heavy (non-hydrogen) atoms. The van der Waals surface area contributed by atoms with E-state index in [0.29, 0.717) is 6.42 Å². The van der Waals surface area contributed by atoms with Crippen molar-refractivity contribution in [2.45, 2.75) is 45.6 Å². The van der Waals surface area contributed by atoms with Crippen molar-refractivity contribution in [2.24, 2.45) is 17.8 Å². The van der Waals surface area contributed by atoms with Crippen molar-refractivity contribution < 1.29 is 19.4 Å². The molecular formula is C20H26O4. The van der Waals surface area contributed by atoms with Gasteiger partial charge in [0.15, 0.2) is 0 Å². The van der Waals surface area contributed by atoms with Crippen LogP contribution in [0.25, 0.3) is 0 Å². The molecule has 0 aromatic heterocycles. The molecule has 0 amide bonds. The molecule has 1 fully saturated rings. The first-order valence-electron chi connectivity index (χ1n) is 8.56. The maximum Gasteiger partial charge on any atom is 0.310 e. The minimum absolute atomic E-state index is 0.0520. The van der Waals surface area contributed by atoms with Gasteiger partial charge in [0.05, 0.1) is 11.8 Å². The number of ether oxygens (including phenoxy) is 1. The average Bonchev–Trinajstić information content (AvgIpc) is 3.06. The largest absolute Gasteiger partial charge is 0.481 e. The van der Waals surface area contributed by atoms with E-state index in [4.69, 9.17) is 4.74 Å². The highest BCUT2D eigenvalue weighted by atomic mass is 16.5. The van der Waals surface area contributed by atoms with Crippen LogP contribution in [0.3, 0.4) is 0 Å². The number of allylic oxidation sites excluding steroid dienone is 1. The second-order valence-corrected chi connectivity index (χ2v) is 6.77. The van der Waals surface area contributed by atoms with E-state index in [1.807, 2.05) is 37.3 Å². The predicted octanol–water partition coefficient (Wildman–Crippen LogP) is 4.20. The number of carboxylic acid groups (broad SMARTS) is 1. The molecule has 0 radical (unpaired) electrons. The zero-order chi connectivity index (χ0) is 17.5. The Balaban J connectivity index is 2.11. The molecule has 0 saturated heterocycles. The van der Waals surface area contributed by atoms with E-state index < -0.39 is 23.8 Å². The fourth-order valence-corrected chi connectivity index (χ4v) is 3.59. The second kappa shape index (κ2) is 8.67. The van der Waals surface area contributed by atoms with Gasteiger partial charge in [-0.3, -0.25) is 9.59 Å². The van der Waals surface area contributed by atoms with E-state index in [0.717, 1.165) is 36.8 Å². The van der Waals surface area contributed by atoms with Gasteiger partial charge in [0.2, 0.25) is 0 Å².